The van der Waals surface area contributed by atoms with E-state index in [9.17, 15) is 18.1 Å². The first kappa shape index (κ1) is 23.7. The van der Waals surface area contributed by atoms with Crippen molar-refractivity contribution in [2.45, 2.75) is 4.90 Å². The first-order chi connectivity index (χ1) is 14.9. The summed E-state index contributed by atoms with van der Waals surface area (Å²) in [4.78, 5) is -0.333. The van der Waals surface area contributed by atoms with Crippen molar-refractivity contribution < 1.29 is 47.6 Å². The Kier molecular flexibility index (Phi) is 7.49. The summed E-state index contributed by atoms with van der Waals surface area (Å²) in [5.74, 6) is 0.104. The van der Waals surface area contributed by atoms with E-state index in [0.717, 1.165) is 0 Å². The molecule has 0 atom stereocenters. The molecule has 4 aromatic carbocycles. The number of aromatic hydroxyl groups is 1. The molecule has 0 aliphatic carbocycles. The van der Waals surface area contributed by atoms with Gasteiger partial charge in [0, 0.05) is 5.39 Å². The Bertz CT molecular complexity index is 1410. The van der Waals surface area contributed by atoms with Crippen molar-refractivity contribution in [3.05, 3.63) is 84.9 Å². The van der Waals surface area contributed by atoms with Gasteiger partial charge in [0.05, 0.1) is 16.3 Å². The minimum absolute atomic E-state index is 0. The van der Waals surface area contributed by atoms with E-state index >= 15 is 0 Å². The van der Waals surface area contributed by atoms with E-state index in [1.54, 1.807) is 36.4 Å². The van der Waals surface area contributed by atoms with Crippen molar-refractivity contribution in [1.29, 1.82) is 0 Å². The number of azo groups is 2. The number of benzene rings is 4. The zero-order valence-electron chi connectivity index (χ0n) is 17.0. The van der Waals surface area contributed by atoms with Crippen LogP contribution in [0.3, 0.4) is 0 Å². The minimum Gasteiger partial charge on any atom is -0.744 e. The summed E-state index contributed by atoms with van der Waals surface area (Å²) in [7, 11) is -4.59. The number of rotatable bonds is 5. The largest absolute Gasteiger partial charge is 1.00 e. The van der Waals surface area contributed by atoms with E-state index in [1.165, 1.54) is 30.3 Å². The Morgan fingerprint density at radius 1 is 0.719 bits per heavy atom. The first-order valence-corrected chi connectivity index (χ1v) is 10.5. The molecule has 0 unspecified atom stereocenters. The van der Waals surface area contributed by atoms with Crippen molar-refractivity contribution in [3.63, 3.8) is 0 Å². The van der Waals surface area contributed by atoms with E-state index in [2.05, 4.69) is 20.5 Å². The van der Waals surface area contributed by atoms with Crippen LogP contribution in [0.4, 0.5) is 22.7 Å². The third-order valence-electron chi connectivity index (χ3n) is 4.37. The van der Waals surface area contributed by atoms with Gasteiger partial charge in [0.1, 0.15) is 27.2 Å². The molecule has 4 aromatic rings. The molecule has 0 saturated heterocycles. The zero-order chi connectivity index (χ0) is 21.8. The van der Waals surface area contributed by atoms with Crippen LogP contribution in [-0.4, -0.2) is 18.1 Å². The molecule has 0 aliphatic rings. The molecular formula is C22H15N4NaO4S. The van der Waals surface area contributed by atoms with Crippen LogP contribution in [-0.2, 0) is 10.1 Å². The van der Waals surface area contributed by atoms with Crippen LogP contribution in [0.5, 0.6) is 5.75 Å². The van der Waals surface area contributed by atoms with Gasteiger partial charge in [-0.05, 0) is 60.0 Å². The van der Waals surface area contributed by atoms with Gasteiger partial charge in [-0.15, -0.1) is 10.2 Å². The van der Waals surface area contributed by atoms with Crippen LogP contribution < -0.4 is 29.6 Å². The first-order valence-electron chi connectivity index (χ1n) is 9.10. The van der Waals surface area contributed by atoms with Crippen LogP contribution in [0.2, 0.25) is 0 Å². The van der Waals surface area contributed by atoms with E-state index < -0.39 is 10.1 Å². The maximum Gasteiger partial charge on any atom is 1.00 e. The second kappa shape index (κ2) is 10.1. The predicted octanol–water partition coefficient (Wildman–Crippen LogP) is 3.28. The summed E-state index contributed by atoms with van der Waals surface area (Å²) in [5, 5.41) is 27.4. The Balaban J connectivity index is 0.00000289. The Morgan fingerprint density at radius 2 is 1.38 bits per heavy atom. The normalized spacial score (nSPS) is 11.8. The quantitative estimate of drug-likeness (QED) is 0.282. The second-order valence-electron chi connectivity index (χ2n) is 6.52. The molecule has 10 heteroatoms. The predicted molar refractivity (Wildman–Crippen MR) is 115 cm³/mol. The Hall–Kier alpha value is -2.95. The van der Waals surface area contributed by atoms with Gasteiger partial charge in [-0.25, -0.2) is 8.42 Å². The average Bonchev–Trinajstić information content (AvgIpc) is 2.77. The molecule has 32 heavy (non-hydrogen) atoms. The molecule has 154 valence electrons. The van der Waals surface area contributed by atoms with Crippen molar-refractivity contribution in [3.8, 4) is 5.75 Å². The van der Waals surface area contributed by atoms with E-state index in [1.807, 2.05) is 18.2 Å². The maximum absolute atomic E-state index is 11.4. The van der Waals surface area contributed by atoms with Crippen LogP contribution >= 0.6 is 0 Å². The van der Waals surface area contributed by atoms with Gasteiger partial charge in [0.2, 0.25) is 0 Å². The topological polar surface area (TPSA) is 127 Å². The molecule has 0 saturated carbocycles. The van der Waals surface area contributed by atoms with E-state index in [0.29, 0.717) is 33.5 Å². The molecule has 0 radical (unpaired) electrons. The van der Waals surface area contributed by atoms with Crippen LogP contribution in [0.25, 0.3) is 10.8 Å². The number of fused-ring (bicyclic) bond motifs is 1. The summed E-state index contributed by atoms with van der Waals surface area (Å²) in [6.45, 7) is 0. The van der Waals surface area contributed by atoms with Crippen LogP contribution in [0, 0.1) is 0 Å². The molecular weight excluding hydrogens is 439 g/mol. The van der Waals surface area contributed by atoms with Gasteiger partial charge in [-0.1, -0.05) is 30.3 Å². The summed E-state index contributed by atoms with van der Waals surface area (Å²) in [5.41, 5.74) is 1.92. The maximum atomic E-state index is 11.4. The monoisotopic (exact) mass is 454 g/mol. The van der Waals surface area contributed by atoms with Crippen LogP contribution in [0.1, 0.15) is 0 Å². The second-order valence-corrected chi connectivity index (χ2v) is 7.90. The standard InChI is InChI=1S/C22H16N4O4S.Na/c27-18-9-7-17(8-10-18)24-26-22-20-12-11-19(31(28,29)30)14-15(20)6-13-21(22)25-23-16-4-2-1-3-5-16;/h1-14,27H,(H,28,29,30);/q;+1/p-1. The molecule has 0 aromatic heterocycles. The smallest absolute Gasteiger partial charge is 0.744 e. The van der Waals surface area contributed by atoms with Gasteiger partial charge in [0.15, 0.2) is 0 Å². The fourth-order valence-corrected chi connectivity index (χ4v) is 3.36. The fourth-order valence-electron chi connectivity index (χ4n) is 2.85. The van der Waals surface area contributed by atoms with Gasteiger partial charge < -0.3 is 9.66 Å². The molecule has 0 amide bonds. The molecule has 0 heterocycles. The van der Waals surface area contributed by atoms with Crippen LogP contribution in [0.15, 0.2) is 110 Å². The average molecular weight is 454 g/mol. The van der Waals surface area contributed by atoms with E-state index in [-0.39, 0.29) is 40.2 Å². The molecule has 8 nitrogen and oxygen atoms in total. The van der Waals surface area contributed by atoms with Gasteiger partial charge in [0.25, 0.3) is 0 Å². The van der Waals surface area contributed by atoms with Crippen molar-refractivity contribution in [1.82, 2.24) is 0 Å². The number of hydrogen-bond donors (Lipinski definition) is 1. The number of hydrogen-bond acceptors (Lipinski definition) is 8. The van der Waals surface area contributed by atoms with Crippen molar-refractivity contribution >= 4 is 43.6 Å². The summed E-state index contributed by atoms with van der Waals surface area (Å²) >= 11 is 0. The third kappa shape index (κ3) is 5.64. The SMILES string of the molecule is O=S(=O)([O-])c1ccc2c(N=Nc3ccc(O)cc3)c(N=Nc3ccccc3)ccc2c1.[Na+]. The Labute approximate surface area is 206 Å². The summed E-state index contributed by atoms with van der Waals surface area (Å²) in [6, 6.07) is 22.6. The fraction of sp³-hybridized carbons (Fsp3) is 0. The zero-order valence-corrected chi connectivity index (χ0v) is 19.8. The molecule has 0 fully saturated rings. The van der Waals surface area contributed by atoms with Crippen molar-refractivity contribution in [2.75, 3.05) is 0 Å². The molecule has 0 bridgehead atoms. The number of phenolic OH excluding ortho intramolecular Hbond substituents is 1. The minimum atomic E-state index is -4.59. The number of nitrogens with zero attached hydrogens (tertiary/aromatic N) is 4. The third-order valence-corrected chi connectivity index (χ3v) is 5.21. The molecule has 0 spiro atoms. The summed E-state index contributed by atoms with van der Waals surface area (Å²) in [6.07, 6.45) is 0. The molecule has 1 N–H and O–H groups in total. The molecule has 0 aliphatic heterocycles. The van der Waals surface area contributed by atoms with Gasteiger partial charge >= 0.3 is 29.6 Å². The summed E-state index contributed by atoms with van der Waals surface area (Å²) < 4.78 is 34.1. The molecule has 4 rings (SSSR count). The van der Waals surface area contributed by atoms with E-state index in [4.69, 9.17) is 0 Å². The Morgan fingerprint density at radius 3 is 2.06 bits per heavy atom. The van der Waals surface area contributed by atoms with Gasteiger partial charge in [-0.3, -0.25) is 0 Å². The number of phenols is 1. The van der Waals surface area contributed by atoms with Gasteiger partial charge in [-0.2, -0.15) is 10.2 Å². The van der Waals surface area contributed by atoms with Crippen molar-refractivity contribution in [2.24, 2.45) is 20.5 Å².